The molecule has 0 unspecified atom stereocenters. The lowest BCUT2D eigenvalue weighted by atomic mass is 10.0. The van der Waals surface area contributed by atoms with Crippen LogP contribution in [0.1, 0.15) is 64.7 Å². The molecule has 1 fully saturated rings. The highest BCUT2D eigenvalue weighted by atomic mass is 16.4. The third kappa shape index (κ3) is 11.5. The van der Waals surface area contributed by atoms with Gasteiger partial charge in [-0.1, -0.05) is 0 Å². The molecule has 226 valence electrons. The summed E-state index contributed by atoms with van der Waals surface area (Å²) in [6.45, 7) is 2.20. The van der Waals surface area contributed by atoms with E-state index in [-0.39, 0.29) is 32.1 Å². The van der Waals surface area contributed by atoms with Crippen LogP contribution in [0.2, 0.25) is 0 Å². The standard InChI is InChI=1S/C24H42N8O8/c1-13(26)23(38)32-12-4-6-17(32)22(37)30-14(5-2-3-11-25)20(35)29-15(7-9-18(27)33)21(36)31-16(24(39)40)8-10-19(28)34/h13-17H,2-12,25-26H2,1H3,(H2,27,33)(H2,28,34)(H,29,35)(H,30,37)(H,31,36)(H,39,40)/t13-,14-,15-,16-,17-/m0/s1. The highest BCUT2D eigenvalue weighted by Gasteiger charge is 2.37. The van der Waals surface area contributed by atoms with Crippen LogP contribution in [0.25, 0.3) is 0 Å². The summed E-state index contributed by atoms with van der Waals surface area (Å²) in [7, 11) is 0. The zero-order chi connectivity index (χ0) is 30.4. The number of primary amides is 2. The van der Waals surface area contributed by atoms with Gasteiger partial charge in [0.05, 0.1) is 6.04 Å². The molecular formula is C24H42N8O8. The lowest BCUT2D eigenvalue weighted by molar-refractivity contribution is -0.143. The summed E-state index contributed by atoms with van der Waals surface area (Å²) in [5.41, 5.74) is 21.5. The molecule has 1 aliphatic rings. The number of nitrogens with zero attached hydrogens (tertiary/aromatic N) is 1. The smallest absolute Gasteiger partial charge is 0.326 e. The molecule has 0 aromatic carbocycles. The van der Waals surface area contributed by atoms with Crippen LogP contribution < -0.4 is 38.9 Å². The molecule has 1 saturated heterocycles. The number of nitrogens with one attached hydrogen (secondary N) is 3. The minimum absolute atomic E-state index is 0.156. The second kappa shape index (κ2) is 17.0. The third-order valence-electron chi connectivity index (χ3n) is 6.41. The third-order valence-corrected chi connectivity index (χ3v) is 6.41. The largest absolute Gasteiger partial charge is 0.480 e. The van der Waals surface area contributed by atoms with E-state index in [1.165, 1.54) is 11.8 Å². The number of amides is 6. The lowest BCUT2D eigenvalue weighted by Crippen LogP contribution is -2.58. The number of carboxylic acid groups (broad SMARTS) is 1. The molecule has 40 heavy (non-hydrogen) atoms. The highest BCUT2D eigenvalue weighted by Crippen LogP contribution is 2.19. The molecule has 12 N–H and O–H groups in total. The normalized spacial score (nSPS) is 17.7. The van der Waals surface area contributed by atoms with E-state index in [9.17, 15) is 38.7 Å². The quantitative estimate of drug-likeness (QED) is 0.0753. The highest BCUT2D eigenvalue weighted by molar-refractivity contribution is 5.95. The number of hydrogen-bond donors (Lipinski definition) is 8. The van der Waals surface area contributed by atoms with Crippen molar-refractivity contribution in [3.63, 3.8) is 0 Å². The van der Waals surface area contributed by atoms with E-state index in [2.05, 4.69) is 16.0 Å². The molecule has 1 heterocycles. The Morgan fingerprint density at radius 1 is 0.850 bits per heavy atom. The van der Waals surface area contributed by atoms with E-state index in [1.54, 1.807) is 0 Å². The van der Waals surface area contributed by atoms with Crippen molar-refractivity contribution < 1.29 is 38.7 Å². The predicted molar refractivity (Wildman–Crippen MR) is 142 cm³/mol. The lowest BCUT2D eigenvalue weighted by Gasteiger charge is -2.28. The number of carbonyl (C=O) groups is 7. The predicted octanol–water partition coefficient (Wildman–Crippen LogP) is -3.48. The van der Waals surface area contributed by atoms with Crippen LogP contribution in [-0.2, 0) is 33.6 Å². The maximum Gasteiger partial charge on any atom is 0.326 e. The van der Waals surface area contributed by atoms with Crippen LogP contribution in [-0.4, -0.2) is 94.7 Å². The van der Waals surface area contributed by atoms with Crippen molar-refractivity contribution in [2.24, 2.45) is 22.9 Å². The van der Waals surface area contributed by atoms with Gasteiger partial charge in [-0.25, -0.2) is 4.79 Å². The number of nitrogens with two attached hydrogens (primary N) is 4. The Hall–Kier alpha value is -3.79. The van der Waals surface area contributed by atoms with Gasteiger partial charge in [-0.15, -0.1) is 0 Å². The number of carboxylic acids is 1. The first-order valence-corrected chi connectivity index (χ1v) is 13.2. The SMILES string of the molecule is C[C@H](N)C(=O)N1CCC[C@H]1C(=O)N[C@@H](CCCCN)C(=O)N[C@@H](CCC(N)=O)C(=O)N[C@@H](CCC(N)=O)C(=O)O. The maximum atomic E-state index is 13.3. The molecule has 0 bridgehead atoms. The Labute approximate surface area is 232 Å². The van der Waals surface area contributed by atoms with Gasteiger partial charge in [-0.2, -0.15) is 0 Å². The Morgan fingerprint density at radius 2 is 1.38 bits per heavy atom. The summed E-state index contributed by atoms with van der Waals surface area (Å²) in [5.74, 6) is -5.60. The molecule has 16 heteroatoms. The number of hydrogen-bond acceptors (Lipinski definition) is 9. The van der Waals surface area contributed by atoms with Gasteiger partial charge in [0.25, 0.3) is 0 Å². The van der Waals surface area contributed by atoms with E-state index >= 15 is 0 Å². The Morgan fingerprint density at radius 3 is 1.88 bits per heavy atom. The summed E-state index contributed by atoms with van der Waals surface area (Å²) in [6, 6.07) is -5.62. The molecule has 0 aromatic rings. The molecule has 0 saturated carbocycles. The average Bonchev–Trinajstić information content (AvgIpc) is 3.37. The van der Waals surface area contributed by atoms with Crippen molar-refractivity contribution in [1.82, 2.24) is 20.9 Å². The molecule has 6 amide bonds. The summed E-state index contributed by atoms with van der Waals surface area (Å²) in [4.78, 5) is 87.1. The second-order valence-corrected chi connectivity index (χ2v) is 9.79. The van der Waals surface area contributed by atoms with Gasteiger partial charge in [-0.05, 0) is 58.4 Å². The molecular weight excluding hydrogens is 528 g/mol. The van der Waals surface area contributed by atoms with Crippen molar-refractivity contribution in [3.8, 4) is 0 Å². The van der Waals surface area contributed by atoms with Crippen molar-refractivity contribution in [3.05, 3.63) is 0 Å². The number of rotatable bonds is 18. The second-order valence-electron chi connectivity index (χ2n) is 9.79. The van der Waals surface area contributed by atoms with Crippen molar-refractivity contribution in [2.45, 2.75) is 94.9 Å². The first-order chi connectivity index (χ1) is 18.8. The van der Waals surface area contributed by atoms with E-state index in [0.29, 0.717) is 38.8 Å². The molecule has 16 nitrogen and oxygen atoms in total. The summed E-state index contributed by atoms with van der Waals surface area (Å²) < 4.78 is 0. The Balaban J connectivity index is 3.08. The minimum Gasteiger partial charge on any atom is -0.480 e. The fourth-order valence-corrected chi connectivity index (χ4v) is 4.24. The van der Waals surface area contributed by atoms with Crippen molar-refractivity contribution in [1.29, 1.82) is 0 Å². The van der Waals surface area contributed by atoms with E-state index in [0.717, 1.165) is 0 Å². The molecule has 0 radical (unpaired) electrons. The van der Waals surface area contributed by atoms with Gasteiger partial charge in [0.2, 0.25) is 35.4 Å². The fraction of sp³-hybridized carbons (Fsp3) is 0.708. The van der Waals surface area contributed by atoms with Crippen LogP contribution in [0, 0.1) is 0 Å². The number of likely N-dealkylation sites (tertiary alicyclic amines) is 1. The maximum absolute atomic E-state index is 13.3. The van der Waals surface area contributed by atoms with Crippen LogP contribution in [0.15, 0.2) is 0 Å². The zero-order valence-electron chi connectivity index (χ0n) is 22.7. The van der Waals surface area contributed by atoms with Gasteiger partial charge < -0.3 is 48.9 Å². The Kier molecular flexibility index (Phi) is 14.6. The van der Waals surface area contributed by atoms with E-state index < -0.39 is 71.6 Å². The van der Waals surface area contributed by atoms with Gasteiger partial charge in [0.1, 0.15) is 24.2 Å². The summed E-state index contributed by atoms with van der Waals surface area (Å²) >= 11 is 0. The average molecular weight is 571 g/mol. The van der Waals surface area contributed by atoms with Gasteiger partial charge >= 0.3 is 5.97 Å². The summed E-state index contributed by atoms with van der Waals surface area (Å²) in [6.07, 6.45) is 0.956. The topological polar surface area (TPSA) is 283 Å². The molecule has 5 atom stereocenters. The molecule has 0 aliphatic carbocycles. The minimum atomic E-state index is -1.48. The zero-order valence-corrected chi connectivity index (χ0v) is 22.7. The Bertz CT molecular complexity index is 944. The number of carbonyl (C=O) groups excluding carboxylic acids is 6. The molecule has 1 aliphatic heterocycles. The molecule has 0 spiro atoms. The first kappa shape index (κ1) is 34.2. The van der Waals surface area contributed by atoms with Crippen LogP contribution in [0.4, 0.5) is 0 Å². The molecule has 0 aromatic heterocycles. The molecule has 1 rings (SSSR count). The monoisotopic (exact) mass is 570 g/mol. The van der Waals surface area contributed by atoms with Crippen LogP contribution >= 0.6 is 0 Å². The van der Waals surface area contributed by atoms with Gasteiger partial charge in [-0.3, -0.25) is 28.8 Å². The van der Waals surface area contributed by atoms with Crippen molar-refractivity contribution >= 4 is 41.4 Å². The van der Waals surface area contributed by atoms with Crippen LogP contribution in [0.5, 0.6) is 0 Å². The van der Waals surface area contributed by atoms with Gasteiger partial charge in [0.15, 0.2) is 0 Å². The van der Waals surface area contributed by atoms with E-state index in [4.69, 9.17) is 22.9 Å². The number of unbranched alkanes of at least 4 members (excludes halogenated alkanes) is 1. The summed E-state index contributed by atoms with van der Waals surface area (Å²) in [5, 5.41) is 16.7. The number of aliphatic carboxylic acids is 1. The van der Waals surface area contributed by atoms with Crippen molar-refractivity contribution in [2.75, 3.05) is 13.1 Å². The fourth-order valence-electron chi connectivity index (χ4n) is 4.24. The van der Waals surface area contributed by atoms with E-state index in [1.807, 2.05) is 0 Å². The van der Waals surface area contributed by atoms with Crippen LogP contribution in [0.3, 0.4) is 0 Å². The first-order valence-electron chi connectivity index (χ1n) is 13.2. The van der Waals surface area contributed by atoms with Gasteiger partial charge in [0, 0.05) is 19.4 Å².